The van der Waals surface area contributed by atoms with Gasteiger partial charge in [-0.1, -0.05) is 19.3 Å². The summed E-state index contributed by atoms with van der Waals surface area (Å²) >= 11 is 0. The van der Waals surface area contributed by atoms with Crippen LogP contribution in [0.1, 0.15) is 38.5 Å². The zero-order valence-electron chi connectivity index (χ0n) is 10.8. The average molecular weight is 255 g/mol. The maximum Gasteiger partial charge on any atom is 0.328 e. The molecule has 18 heavy (non-hydrogen) atoms. The van der Waals surface area contributed by atoms with Gasteiger partial charge in [0.15, 0.2) is 0 Å². The Morgan fingerprint density at radius 2 is 1.89 bits per heavy atom. The number of esters is 1. The lowest BCUT2D eigenvalue weighted by atomic mass is 9.88. The maximum atomic E-state index is 12.4. The number of carbonyl (C=O) groups excluding carboxylic acids is 2. The van der Waals surface area contributed by atoms with E-state index in [0.717, 1.165) is 25.7 Å². The minimum Gasteiger partial charge on any atom is -0.467 e. The van der Waals surface area contributed by atoms with Crippen LogP contribution in [0.3, 0.4) is 0 Å². The van der Waals surface area contributed by atoms with Crippen molar-refractivity contribution in [1.82, 2.24) is 4.90 Å². The number of carbonyl (C=O) groups is 2. The Bertz CT molecular complexity index is 325. The highest BCUT2D eigenvalue weighted by molar-refractivity contribution is 5.86. The monoisotopic (exact) mass is 255 g/mol. The third-order valence-electron chi connectivity index (χ3n) is 3.99. The van der Waals surface area contributed by atoms with Crippen molar-refractivity contribution in [3.63, 3.8) is 0 Å². The molecule has 1 heterocycles. The molecule has 5 nitrogen and oxygen atoms in total. The number of rotatable bonds is 2. The van der Waals surface area contributed by atoms with Gasteiger partial charge < -0.3 is 14.7 Å². The molecule has 0 spiro atoms. The van der Waals surface area contributed by atoms with Gasteiger partial charge in [0.25, 0.3) is 0 Å². The first-order valence-corrected chi connectivity index (χ1v) is 6.70. The summed E-state index contributed by atoms with van der Waals surface area (Å²) in [6.07, 6.45) is 4.84. The number of ether oxygens (including phenoxy) is 1. The van der Waals surface area contributed by atoms with Crippen molar-refractivity contribution >= 4 is 11.9 Å². The molecule has 0 bridgehead atoms. The Hall–Kier alpha value is -1.10. The molecule has 1 N–H and O–H groups in total. The SMILES string of the molecule is COC(=O)C1CC(O)CN1C(=O)C1CCCCC1. The summed E-state index contributed by atoms with van der Waals surface area (Å²) in [6, 6.07) is -0.598. The van der Waals surface area contributed by atoms with Gasteiger partial charge in [-0.25, -0.2) is 4.79 Å². The largest absolute Gasteiger partial charge is 0.467 e. The van der Waals surface area contributed by atoms with Gasteiger partial charge >= 0.3 is 5.97 Å². The molecule has 102 valence electrons. The fourth-order valence-corrected chi connectivity index (χ4v) is 3.00. The fraction of sp³-hybridized carbons (Fsp3) is 0.846. The molecule has 0 radical (unpaired) electrons. The second-order valence-corrected chi connectivity index (χ2v) is 5.25. The van der Waals surface area contributed by atoms with E-state index in [1.165, 1.54) is 18.4 Å². The first-order valence-electron chi connectivity index (χ1n) is 6.70. The van der Waals surface area contributed by atoms with Gasteiger partial charge in [-0.05, 0) is 12.8 Å². The highest BCUT2D eigenvalue weighted by atomic mass is 16.5. The standard InChI is InChI=1S/C13H21NO4/c1-18-13(17)11-7-10(15)8-14(11)12(16)9-5-3-2-4-6-9/h9-11,15H,2-8H2,1H3. The molecule has 0 aromatic heterocycles. The molecule has 2 unspecified atom stereocenters. The van der Waals surface area contributed by atoms with E-state index in [-0.39, 0.29) is 18.4 Å². The minimum atomic E-state index is -0.610. The molecule has 2 fully saturated rings. The number of aliphatic hydroxyl groups is 1. The Morgan fingerprint density at radius 1 is 1.22 bits per heavy atom. The van der Waals surface area contributed by atoms with Gasteiger partial charge in [-0.3, -0.25) is 4.79 Å². The molecule has 1 saturated carbocycles. The third-order valence-corrected chi connectivity index (χ3v) is 3.99. The molecule has 0 aromatic carbocycles. The maximum absolute atomic E-state index is 12.4. The molecule has 1 aliphatic carbocycles. The highest BCUT2D eigenvalue weighted by Gasteiger charge is 2.41. The quantitative estimate of drug-likeness (QED) is 0.738. The van der Waals surface area contributed by atoms with Gasteiger partial charge in [0.05, 0.1) is 13.2 Å². The fourth-order valence-electron chi connectivity index (χ4n) is 3.00. The Balaban J connectivity index is 2.04. The Morgan fingerprint density at radius 3 is 2.50 bits per heavy atom. The molecule has 1 amide bonds. The van der Waals surface area contributed by atoms with E-state index >= 15 is 0 Å². The van der Waals surface area contributed by atoms with Gasteiger partial charge in [-0.15, -0.1) is 0 Å². The Kier molecular flexibility index (Phi) is 4.22. The van der Waals surface area contributed by atoms with E-state index in [2.05, 4.69) is 0 Å². The lowest BCUT2D eigenvalue weighted by Crippen LogP contribution is -2.44. The van der Waals surface area contributed by atoms with Crippen LogP contribution < -0.4 is 0 Å². The van der Waals surface area contributed by atoms with Crippen LogP contribution in [0.4, 0.5) is 0 Å². The van der Waals surface area contributed by atoms with E-state index in [0.29, 0.717) is 6.42 Å². The van der Waals surface area contributed by atoms with Crippen LogP contribution in [0.25, 0.3) is 0 Å². The predicted octanol–water partition coefficient (Wildman–Crippen LogP) is 0.701. The molecule has 5 heteroatoms. The number of hydrogen-bond donors (Lipinski definition) is 1. The summed E-state index contributed by atoms with van der Waals surface area (Å²) in [5, 5.41) is 9.66. The summed E-state index contributed by atoms with van der Waals surface area (Å²) in [6.45, 7) is 0.259. The van der Waals surface area contributed by atoms with E-state index in [1.807, 2.05) is 0 Å². The van der Waals surface area contributed by atoms with Crippen molar-refractivity contribution in [2.45, 2.75) is 50.7 Å². The molecular formula is C13H21NO4. The molecule has 2 rings (SSSR count). The van der Waals surface area contributed by atoms with Crippen molar-refractivity contribution in [2.24, 2.45) is 5.92 Å². The van der Waals surface area contributed by atoms with Crippen LogP contribution in [0.15, 0.2) is 0 Å². The van der Waals surface area contributed by atoms with Crippen LogP contribution in [0.5, 0.6) is 0 Å². The van der Waals surface area contributed by atoms with E-state index in [1.54, 1.807) is 0 Å². The first kappa shape index (κ1) is 13.3. The second-order valence-electron chi connectivity index (χ2n) is 5.25. The van der Waals surface area contributed by atoms with Crippen LogP contribution in [0.2, 0.25) is 0 Å². The zero-order valence-corrected chi connectivity index (χ0v) is 10.8. The van der Waals surface area contributed by atoms with E-state index in [9.17, 15) is 14.7 Å². The minimum absolute atomic E-state index is 0.0154. The second kappa shape index (κ2) is 5.69. The third kappa shape index (κ3) is 2.66. The molecule has 1 saturated heterocycles. The van der Waals surface area contributed by atoms with Gasteiger partial charge in [0, 0.05) is 18.9 Å². The molecule has 2 atom stereocenters. The smallest absolute Gasteiger partial charge is 0.328 e. The number of nitrogens with zero attached hydrogens (tertiary/aromatic N) is 1. The normalized spacial score (nSPS) is 29.3. The topological polar surface area (TPSA) is 66.8 Å². The summed E-state index contributed by atoms with van der Waals surface area (Å²) < 4.78 is 4.71. The summed E-state index contributed by atoms with van der Waals surface area (Å²) in [7, 11) is 1.32. The van der Waals surface area contributed by atoms with Gasteiger partial charge in [0.1, 0.15) is 6.04 Å². The van der Waals surface area contributed by atoms with Gasteiger partial charge in [0.2, 0.25) is 5.91 Å². The number of aliphatic hydroxyl groups excluding tert-OH is 1. The number of likely N-dealkylation sites (tertiary alicyclic amines) is 1. The number of hydrogen-bond acceptors (Lipinski definition) is 4. The molecular weight excluding hydrogens is 234 g/mol. The van der Waals surface area contributed by atoms with E-state index < -0.39 is 18.1 Å². The van der Waals surface area contributed by atoms with Crippen molar-refractivity contribution < 1.29 is 19.4 Å². The lowest BCUT2D eigenvalue weighted by Gasteiger charge is -2.29. The van der Waals surface area contributed by atoms with E-state index in [4.69, 9.17) is 4.74 Å². The van der Waals surface area contributed by atoms with Crippen molar-refractivity contribution in [1.29, 1.82) is 0 Å². The summed E-state index contributed by atoms with van der Waals surface area (Å²) in [4.78, 5) is 25.5. The van der Waals surface area contributed by atoms with Crippen molar-refractivity contribution in [3.8, 4) is 0 Å². The molecule has 0 aromatic rings. The molecule has 2 aliphatic rings. The summed E-state index contributed by atoms with van der Waals surface area (Å²) in [5.74, 6) is -0.381. The average Bonchev–Trinajstić information content (AvgIpc) is 2.80. The van der Waals surface area contributed by atoms with Crippen LogP contribution in [0, 0.1) is 5.92 Å². The summed E-state index contributed by atoms with van der Waals surface area (Å²) in [5.41, 5.74) is 0. The van der Waals surface area contributed by atoms with Crippen LogP contribution in [-0.4, -0.2) is 47.7 Å². The highest BCUT2D eigenvalue weighted by Crippen LogP contribution is 2.29. The number of amides is 1. The molecule has 1 aliphatic heterocycles. The van der Waals surface area contributed by atoms with Crippen molar-refractivity contribution in [2.75, 3.05) is 13.7 Å². The lowest BCUT2D eigenvalue weighted by molar-refractivity contribution is -0.152. The van der Waals surface area contributed by atoms with Crippen LogP contribution in [-0.2, 0) is 14.3 Å². The Labute approximate surface area is 107 Å². The predicted molar refractivity (Wildman–Crippen MR) is 64.7 cm³/mol. The van der Waals surface area contributed by atoms with Crippen LogP contribution >= 0.6 is 0 Å². The zero-order chi connectivity index (χ0) is 13.1. The number of methoxy groups -OCH3 is 1. The first-order chi connectivity index (χ1) is 8.63. The van der Waals surface area contributed by atoms with Gasteiger partial charge in [-0.2, -0.15) is 0 Å². The number of β-amino-alcohol motifs (C(OH)–C–C–N with tert-alkyl or cyclic N) is 1. The van der Waals surface area contributed by atoms with Crippen molar-refractivity contribution in [3.05, 3.63) is 0 Å².